The number of para-hydroxylation sites is 2. The Morgan fingerprint density at radius 3 is 2.50 bits per heavy atom. The molecule has 124 valence electrons. The van der Waals surface area contributed by atoms with Crippen molar-refractivity contribution in [1.82, 2.24) is 4.98 Å². The Hall–Kier alpha value is -1.78. The van der Waals surface area contributed by atoms with E-state index in [1.807, 2.05) is 18.2 Å². The minimum absolute atomic E-state index is 0.832. The Morgan fingerprint density at radius 1 is 1.00 bits per heavy atom. The first-order chi connectivity index (χ1) is 11.8. The van der Waals surface area contributed by atoms with E-state index in [1.54, 1.807) is 11.3 Å². The van der Waals surface area contributed by atoms with Crippen LogP contribution in [0.1, 0.15) is 12.5 Å². The molecule has 2 aromatic carbocycles. The highest BCUT2D eigenvalue weighted by molar-refractivity contribution is 7.22. The smallest absolute Gasteiger partial charge is 0.186 e. The van der Waals surface area contributed by atoms with Gasteiger partial charge in [0.1, 0.15) is 0 Å². The fourth-order valence-electron chi connectivity index (χ4n) is 3.26. The van der Waals surface area contributed by atoms with Crippen molar-refractivity contribution < 1.29 is 0 Å². The first-order valence-electron chi connectivity index (χ1n) is 8.39. The van der Waals surface area contributed by atoms with Crippen LogP contribution in [0.2, 0.25) is 5.02 Å². The van der Waals surface area contributed by atoms with Crippen LogP contribution in [0.3, 0.4) is 0 Å². The summed E-state index contributed by atoms with van der Waals surface area (Å²) in [7, 11) is 0. The van der Waals surface area contributed by atoms with Gasteiger partial charge in [-0.2, -0.15) is 0 Å². The van der Waals surface area contributed by atoms with Crippen LogP contribution < -0.4 is 9.80 Å². The van der Waals surface area contributed by atoms with E-state index in [0.29, 0.717) is 0 Å². The number of halogens is 1. The lowest BCUT2D eigenvalue weighted by Gasteiger charge is -2.36. The molecule has 5 heteroatoms. The van der Waals surface area contributed by atoms with Gasteiger partial charge in [0.2, 0.25) is 0 Å². The second kappa shape index (κ2) is 6.61. The van der Waals surface area contributed by atoms with Gasteiger partial charge in [0, 0.05) is 26.2 Å². The van der Waals surface area contributed by atoms with Gasteiger partial charge in [-0.15, -0.1) is 0 Å². The van der Waals surface area contributed by atoms with E-state index in [-0.39, 0.29) is 0 Å². The van der Waals surface area contributed by atoms with Crippen molar-refractivity contribution in [3.8, 4) is 0 Å². The molecule has 24 heavy (non-hydrogen) atoms. The molecule has 1 saturated heterocycles. The molecule has 0 N–H and O–H groups in total. The molecule has 0 atom stereocenters. The zero-order chi connectivity index (χ0) is 16.5. The summed E-state index contributed by atoms with van der Waals surface area (Å²) in [6.07, 6.45) is 1.03. The number of aromatic nitrogens is 1. The monoisotopic (exact) mass is 357 g/mol. The third-order valence-electron chi connectivity index (χ3n) is 4.62. The average molecular weight is 358 g/mol. The van der Waals surface area contributed by atoms with Crippen molar-refractivity contribution >= 4 is 44.0 Å². The van der Waals surface area contributed by atoms with Crippen molar-refractivity contribution in [1.29, 1.82) is 0 Å². The van der Waals surface area contributed by atoms with E-state index in [0.717, 1.165) is 48.4 Å². The van der Waals surface area contributed by atoms with Crippen LogP contribution in [0.15, 0.2) is 42.5 Å². The maximum Gasteiger partial charge on any atom is 0.186 e. The number of fused-ring (bicyclic) bond motifs is 1. The molecule has 0 unspecified atom stereocenters. The van der Waals surface area contributed by atoms with E-state index < -0.39 is 0 Å². The number of anilines is 2. The van der Waals surface area contributed by atoms with Gasteiger partial charge in [-0.05, 0) is 30.2 Å². The van der Waals surface area contributed by atoms with E-state index in [2.05, 4.69) is 41.0 Å². The lowest BCUT2D eigenvalue weighted by Crippen LogP contribution is -2.46. The summed E-state index contributed by atoms with van der Waals surface area (Å²) in [4.78, 5) is 9.69. The minimum Gasteiger partial charge on any atom is -0.367 e. The number of piperazine rings is 1. The first-order valence-corrected chi connectivity index (χ1v) is 9.58. The van der Waals surface area contributed by atoms with Gasteiger partial charge < -0.3 is 9.80 Å². The number of nitrogens with zero attached hydrogens (tertiary/aromatic N) is 3. The molecular formula is C19H20ClN3S. The molecule has 1 aliphatic rings. The normalized spacial score (nSPS) is 15.2. The predicted octanol–water partition coefficient (Wildman–Crippen LogP) is 4.84. The Labute approximate surface area is 151 Å². The number of rotatable bonds is 3. The molecule has 1 aromatic heterocycles. The van der Waals surface area contributed by atoms with Gasteiger partial charge in [0.05, 0.1) is 20.9 Å². The second-order valence-electron chi connectivity index (χ2n) is 6.04. The van der Waals surface area contributed by atoms with Gasteiger partial charge in [0.15, 0.2) is 5.13 Å². The van der Waals surface area contributed by atoms with E-state index in [4.69, 9.17) is 16.6 Å². The van der Waals surface area contributed by atoms with Crippen LogP contribution in [-0.2, 0) is 6.42 Å². The average Bonchev–Trinajstić information content (AvgIpc) is 3.06. The highest BCUT2D eigenvalue weighted by Crippen LogP contribution is 2.32. The summed E-state index contributed by atoms with van der Waals surface area (Å²) in [6.45, 7) is 6.09. The lowest BCUT2D eigenvalue weighted by molar-refractivity contribution is 0.652. The minimum atomic E-state index is 0.832. The van der Waals surface area contributed by atoms with Crippen LogP contribution in [0, 0.1) is 0 Å². The Bertz CT molecular complexity index is 853. The molecule has 0 saturated carbocycles. The van der Waals surface area contributed by atoms with Crippen LogP contribution in [0.25, 0.3) is 10.2 Å². The number of hydrogen-bond acceptors (Lipinski definition) is 4. The van der Waals surface area contributed by atoms with Crippen molar-refractivity contribution in [3.05, 3.63) is 53.1 Å². The molecule has 4 rings (SSSR count). The molecule has 0 spiro atoms. The summed E-state index contributed by atoms with van der Waals surface area (Å²) in [6, 6.07) is 14.6. The van der Waals surface area contributed by atoms with Gasteiger partial charge in [-0.25, -0.2) is 4.98 Å². The van der Waals surface area contributed by atoms with Crippen molar-refractivity contribution in [2.45, 2.75) is 13.3 Å². The van der Waals surface area contributed by atoms with Crippen LogP contribution >= 0.6 is 22.9 Å². The summed E-state index contributed by atoms with van der Waals surface area (Å²) >= 11 is 8.14. The van der Waals surface area contributed by atoms with Gasteiger partial charge in [-0.1, -0.05) is 54.1 Å². The molecule has 0 amide bonds. The largest absolute Gasteiger partial charge is 0.367 e. The third-order valence-corrected chi connectivity index (χ3v) is 6.02. The van der Waals surface area contributed by atoms with Crippen LogP contribution in [0.5, 0.6) is 0 Å². The fraction of sp³-hybridized carbons (Fsp3) is 0.316. The fourth-order valence-corrected chi connectivity index (χ4v) is 4.58. The Kier molecular flexibility index (Phi) is 4.33. The van der Waals surface area contributed by atoms with Gasteiger partial charge in [-0.3, -0.25) is 0 Å². The van der Waals surface area contributed by atoms with Crippen molar-refractivity contribution in [2.75, 3.05) is 36.0 Å². The second-order valence-corrected chi connectivity index (χ2v) is 7.46. The zero-order valence-electron chi connectivity index (χ0n) is 13.7. The number of benzene rings is 2. The first kappa shape index (κ1) is 15.7. The SMILES string of the molecule is CCc1cccc2sc(N3CCN(c4ccccc4Cl)CC3)nc12. The maximum atomic E-state index is 6.33. The Morgan fingerprint density at radius 2 is 1.75 bits per heavy atom. The summed E-state index contributed by atoms with van der Waals surface area (Å²) in [5.41, 5.74) is 3.65. The number of aryl methyl sites for hydroxylation is 1. The Balaban J connectivity index is 1.53. The number of hydrogen-bond donors (Lipinski definition) is 0. The molecule has 3 aromatic rings. The molecule has 0 radical (unpaired) electrons. The quantitative estimate of drug-likeness (QED) is 0.668. The zero-order valence-corrected chi connectivity index (χ0v) is 15.3. The van der Waals surface area contributed by atoms with Crippen LogP contribution in [-0.4, -0.2) is 31.2 Å². The summed E-state index contributed by atoms with van der Waals surface area (Å²) in [5, 5.41) is 1.98. The molecule has 2 heterocycles. The van der Waals surface area contributed by atoms with Crippen LogP contribution in [0.4, 0.5) is 10.8 Å². The third kappa shape index (κ3) is 2.85. The van der Waals surface area contributed by atoms with E-state index in [9.17, 15) is 0 Å². The van der Waals surface area contributed by atoms with Crippen molar-refractivity contribution in [3.63, 3.8) is 0 Å². The highest BCUT2D eigenvalue weighted by Gasteiger charge is 2.21. The van der Waals surface area contributed by atoms with E-state index >= 15 is 0 Å². The predicted molar refractivity (Wildman–Crippen MR) is 105 cm³/mol. The molecule has 1 fully saturated rings. The summed E-state index contributed by atoms with van der Waals surface area (Å²) in [5.74, 6) is 0. The molecular weight excluding hydrogens is 338 g/mol. The molecule has 1 aliphatic heterocycles. The molecule has 3 nitrogen and oxygen atoms in total. The van der Waals surface area contributed by atoms with E-state index in [1.165, 1.54) is 15.8 Å². The standard InChI is InChI=1S/C19H20ClN3S/c1-2-14-6-5-9-17-18(14)21-19(24-17)23-12-10-22(11-13-23)16-8-4-3-7-15(16)20/h3-9H,2,10-13H2,1H3. The molecule has 0 bridgehead atoms. The highest BCUT2D eigenvalue weighted by atomic mass is 35.5. The van der Waals surface area contributed by atoms with Crippen molar-refractivity contribution in [2.24, 2.45) is 0 Å². The topological polar surface area (TPSA) is 19.4 Å². The van der Waals surface area contributed by atoms with Gasteiger partial charge in [0.25, 0.3) is 0 Å². The van der Waals surface area contributed by atoms with Gasteiger partial charge >= 0.3 is 0 Å². The molecule has 0 aliphatic carbocycles. The summed E-state index contributed by atoms with van der Waals surface area (Å²) < 4.78 is 1.29. The number of thiazole rings is 1. The lowest BCUT2D eigenvalue weighted by atomic mass is 10.1. The maximum absolute atomic E-state index is 6.33.